The molecule has 0 aliphatic heterocycles. The van der Waals surface area contributed by atoms with Crippen LogP contribution in [0.3, 0.4) is 0 Å². The Kier molecular flexibility index (Phi) is 11.7. The third kappa shape index (κ3) is 7.70. The van der Waals surface area contributed by atoms with Crippen molar-refractivity contribution in [3.05, 3.63) is 35.9 Å². The zero-order valence-electron chi connectivity index (χ0n) is 12.2. The minimum absolute atomic E-state index is 0. The third-order valence-corrected chi connectivity index (χ3v) is 3.01. The molecule has 0 fully saturated rings. The molecule has 1 aromatic carbocycles. The quantitative estimate of drug-likeness (QED) is 0.840. The number of nitrogens with two attached hydrogens (primary N) is 1. The molecule has 2 atom stereocenters. The summed E-state index contributed by atoms with van der Waals surface area (Å²) in [6.07, 6.45) is 0. The fourth-order valence-electron chi connectivity index (χ4n) is 1.59. The standard InChI is InChI=1S/C14H23N3O.2ClH/c1-11(9-16-14(18)12(2)15)17(3)10-13-7-5-4-6-8-13;;/h4-8,11-12H,9-10,15H2,1-3H3,(H,16,18);2*1H/t11?,12-;;/m1../s1. The summed E-state index contributed by atoms with van der Waals surface area (Å²) in [4.78, 5) is 13.6. The highest BCUT2D eigenvalue weighted by atomic mass is 35.5. The van der Waals surface area contributed by atoms with Crippen LogP contribution in [-0.2, 0) is 11.3 Å². The Morgan fingerprint density at radius 2 is 1.80 bits per heavy atom. The van der Waals surface area contributed by atoms with Crippen LogP contribution in [0.2, 0.25) is 0 Å². The molecule has 116 valence electrons. The van der Waals surface area contributed by atoms with Gasteiger partial charge in [-0.25, -0.2) is 0 Å². The highest BCUT2D eigenvalue weighted by Crippen LogP contribution is 2.05. The maximum absolute atomic E-state index is 11.4. The first-order valence-electron chi connectivity index (χ1n) is 6.28. The van der Waals surface area contributed by atoms with Gasteiger partial charge in [0.05, 0.1) is 6.04 Å². The zero-order valence-corrected chi connectivity index (χ0v) is 13.8. The lowest BCUT2D eigenvalue weighted by Crippen LogP contribution is -2.44. The second kappa shape index (κ2) is 10.9. The van der Waals surface area contributed by atoms with Gasteiger partial charge in [0.1, 0.15) is 0 Å². The van der Waals surface area contributed by atoms with E-state index in [0.717, 1.165) is 6.54 Å². The molecule has 0 aliphatic carbocycles. The molecule has 0 saturated heterocycles. The summed E-state index contributed by atoms with van der Waals surface area (Å²) < 4.78 is 0. The average molecular weight is 322 g/mol. The fraction of sp³-hybridized carbons (Fsp3) is 0.500. The number of rotatable bonds is 6. The van der Waals surface area contributed by atoms with Gasteiger partial charge < -0.3 is 11.1 Å². The minimum Gasteiger partial charge on any atom is -0.353 e. The molecule has 20 heavy (non-hydrogen) atoms. The molecule has 1 rings (SSSR count). The van der Waals surface area contributed by atoms with Crippen LogP contribution in [0.4, 0.5) is 0 Å². The number of carbonyl (C=O) groups is 1. The second-order valence-electron chi connectivity index (χ2n) is 4.78. The number of halogens is 2. The molecule has 0 aromatic heterocycles. The summed E-state index contributed by atoms with van der Waals surface area (Å²) in [7, 11) is 2.05. The lowest BCUT2D eigenvalue weighted by Gasteiger charge is -2.25. The molecular formula is C14H25Cl2N3O. The number of nitrogens with one attached hydrogen (secondary N) is 1. The largest absolute Gasteiger partial charge is 0.353 e. The van der Waals surface area contributed by atoms with Gasteiger partial charge in [-0.3, -0.25) is 9.69 Å². The van der Waals surface area contributed by atoms with Gasteiger partial charge in [0.15, 0.2) is 0 Å². The molecule has 6 heteroatoms. The lowest BCUT2D eigenvalue weighted by molar-refractivity contribution is -0.122. The maximum Gasteiger partial charge on any atom is 0.236 e. The van der Waals surface area contributed by atoms with Crippen LogP contribution in [0.5, 0.6) is 0 Å². The number of hydrogen-bond acceptors (Lipinski definition) is 3. The summed E-state index contributed by atoms with van der Waals surface area (Å²) >= 11 is 0. The van der Waals surface area contributed by atoms with Crippen molar-refractivity contribution in [3.63, 3.8) is 0 Å². The number of nitrogens with zero attached hydrogens (tertiary/aromatic N) is 1. The Morgan fingerprint density at radius 1 is 1.25 bits per heavy atom. The van der Waals surface area contributed by atoms with E-state index in [9.17, 15) is 4.79 Å². The Morgan fingerprint density at radius 3 is 2.30 bits per heavy atom. The van der Waals surface area contributed by atoms with E-state index in [-0.39, 0.29) is 36.8 Å². The summed E-state index contributed by atoms with van der Waals surface area (Å²) in [5.41, 5.74) is 6.77. The first-order chi connectivity index (χ1) is 8.50. The van der Waals surface area contributed by atoms with E-state index in [2.05, 4.69) is 36.3 Å². The van der Waals surface area contributed by atoms with Gasteiger partial charge in [0.2, 0.25) is 5.91 Å². The van der Waals surface area contributed by atoms with E-state index in [1.165, 1.54) is 5.56 Å². The number of hydrogen-bond donors (Lipinski definition) is 2. The molecule has 3 N–H and O–H groups in total. The van der Waals surface area contributed by atoms with Gasteiger partial charge in [-0.2, -0.15) is 0 Å². The van der Waals surface area contributed by atoms with Crippen molar-refractivity contribution in [1.29, 1.82) is 0 Å². The predicted octanol–water partition coefficient (Wildman–Crippen LogP) is 1.81. The van der Waals surface area contributed by atoms with Gasteiger partial charge >= 0.3 is 0 Å². The summed E-state index contributed by atoms with van der Waals surface area (Å²) in [6, 6.07) is 10.1. The third-order valence-electron chi connectivity index (χ3n) is 3.01. The van der Waals surface area contributed by atoms with E-state index in [1.54, 1.807) is 6.92 Å². The molecule has 0 saturated carbocycles. The maximum atomic E-state index is 11.4. The van der Waals surface area contributed by atoms with Gasteiger partial charge in [-0.05, 0) is 26.5 Å². The van der Waals surface area contributed by atoms with Crippen molar-refractivity contribution < 1.29 is 4.79 Å². The second-order valence-corrected chi connectivity index (χ2v) is 4.78. The van der Waals surface area contributed by atoms with Crippen LogP contribution in [0.15, 0.2) is 30.3 Å². The van der Waals surface area contributed by atoms with Crippen molar-refractivity contribution in [2.45, 2.75) is 32.5 Å². The van der Waals surface area contributed by atoms with E-state index in [1.807, 2.05) is 18.2 Å². The summed E-state index contributed by atoms with van der Waals surface area (Å²) in [6.45, 7) is 5.26. The molecule has 0 heterocycles. The lowest BCUT2D eigenvalue weighted by atomic mass is 10.2. The summed E-state index contributed by atoms with van der Waals surface area (Å²) in [5, 5.41) is 2.84. The van der Waals surface area contributed by atoms with Crippen LogP contribution in [-0.4, -0.2) is 36.5 Å². The highest BCUT2D eigenvalue weighted by Gasteiger charge is 2.12. The molecule has 1 amide bonds. The van der Waals surface area contributed by atoms with Crippen molar-refractivity contribution in [2.24, 2.45) is 5.73 Å². The Balaban J connectivity index is 0. The van der Waals surface area contributed by atoms with Crippen LogP contribution < -0.4 is 11.1 Å². The number of amides is 1. The Labute approximate surface area is 133 Å². The van der Waals surface area contributed by atoms with Gasteiger partial charge in [-0.1, -0.05) is 30.3 Å². The molecule has 0 aliphatic rings. The van der Waals surface area contributed by atoms with Crippen molar-refractivity contribution >= 4 is 30.7 Å². The fourth-order valence-corrected chi connectivity index (χ4v) is 1.59. The van der Waals surface area contributed by atoms with Gasteiger partial charge in [-0.15, -0.1) is 24.8 Å². The molecule has 4 nitrogen and oxygen atoms in total. The number of likely N-dealkylation sites (N-methyl/N-ethyl adjacent to an activating group) is 1. The van der Waals surface area contributed by atoms with Gasteiger partial charge in [0.25, 0.3) is 0 Å². The predicted molar refractivity (Wildman–Crippen MR) is 88.5 cm³/mol. The van der Waals surface area contributed by atoms with Crippen LogP contribution in [0.1, 0.15) is 19.4 Å². The normalized spacial score (nSPS) is 12.8. The van der Waals surface area contributed by atoms with Crippen molar-refractivity contribution in [3.8, 4) is 0 Å². The van der Waals surface area contributed by atoms with Crippen molar-refractivity contribution in [1.82, 2.24) is 10.2 Å². The highest BCUT2D eigenvalue weighted by molar-refractivity contribution is 5.85. The molecule has 0 radical (unpaired) electrons. The monoisotopic (exact) mass is 321 g/mol. The zero-order chi connectivity index (χ0) is 13.5. The molecule has 0 bridgehead atoms. The van der Waals surface area contributed by atoms with Crippen LogP contribution >= 0.6 is 24.8 Å². The minimum atomic E-state index is -0.448. The summed E-state index contributed by atoms with van der Waals surface area (Å²) in [5.74, 6) is -0.102. The first kappa shape index (κ1) is 21.5. The van der Waals surface area contributed by atoms with E-state index >= 15 is 0 Å². The van der Waals surface area contributed by atoms with E-state index in [0.29, 0.717) is 6.54 Å². The average Bonchev–Trinajstić information content (AvgIpc) is 2.36. The molecule has 0 spiro atoms. The Bertz CT molecular complexity index is 374. The first-order valence-corrected chi connectivity index (χ1v) is 6.28. The SMILES string of the molecule is CC(CNC(=O)[C@@H](C)N)N(C)Cc1ccccc1.Cl.Cl. The molecule has 1 unspecified atom stereocenters. The van der Waals surface area contributed by atoms with Crippen LogP contribution in [0.25, 0.3) is 0 Å². The van der Waals surface area contributed by atoms with E-state index < -0.39 is 6.04 Å². The Hall–Kier alpha value is -0.810. The number of benzene rings is 1. The molecule has 1 aromatic rings. The van der Waals surface area contributed by atoms with Crippen molar-refractivity contribution in [2.75, 3.05) is 13.6 Å². The van der Waals surface area contributed by atoms with Crippen LogP contribution in [0, 0.1) is 0 Å². The number of carbonyl (C=O) groups excluding carboxylic acids is 1. The topological polar surface area (TPSA) is 58.4 Å². The smallest absolute Gasteiger partial charge is 0.236 e. The van der Waals surface area contributed by atoms with Gasteiger partial charge in [0, 0.05) is 19.1 Å². The molecular weight excluding hydrogens is 297 g/mol. The van der Waals surface area contributed by atoms with E-state index in [4.69, 9.17) is 5.73 Å².